The molecular weight excluding hydrogens is 312 g/mol. The Balaban J connectivity index is 1.66. The smallest absolute Gasteiger partial charge is 0.324 e. The first-order valence-corrected chi connectivity index (χ1v) is 9.50. The topological polar surface area (TPSA) is 38.8 Å². The van der Waals surface area contributed by atoms with Crippen LogP contribution in [-0.4, -0.2) is 55.1 Å². The van der Waals surface area contributed by atoms with E-state index in [1.807, 2.05) is 18.7 Å². The molecule has 1 aromatic rings. The Morgan fingerprint density at radius 3 is 2.88 bits per heavy atom. The van der Waals surface area contributed by atoms with Gasteiger partial charge in [0.05, 0.1) is 5.69 Å². The van der Waals surface area contributed by atoms with E-state index < -0.39 is 0 Å². The number of rotatable bonds is 3. The Kier molecular flexibility index (Phi) is 4.20. The van der Waals surface area contributed by atoms with E-state index in [-0.39, 0.29) is 6.03 Å². The fourth-order valence-electron chi connectivity index (χ4n) is 4.69. The second kappa shape index (κ2) is 6.37. The molecule has 0 fully saturated rings. The minimum Gasteiger partial charge on any atom is -0.324 e. The molecule has 5 nitrogen and oxygen atoms in total. The van der Waals surface area contributed by atoms with Gasteiger partial charge in [0.2, 0.25) is 0 Å². The number of carbonyl (C=O) groups excluding carboxylic acids is 1. The first-order chi connectivity index (χ1) is 12.1. The summed E-state index contributed by atoms with van der Waals surface area (Å²) in [5.74, 6) is 0.492. The second-order valence-corrected chi connectivity index (χ2v) is 7.32. The maximum absolute atomic E-state index is 12.5. The Morgan fingerprint density at radius 1 is 1.32 bits per heavy atom. The van der Waals surface area contributed by atoms with Gasteiger partial charge in [0.15, 0.2) is 0 Å². The number of hydrogen-bond acceptors (Lipinski definition) is 3. The number of benzene rings is 1. The van der Waals surface area contributed by atoms with Crippen LogP contribution in [0.1, 0.15) is 43.7 Å². The maximum Gasteiger partial charge on any atom is 0.336 e. The highest BCUT2D eigenvalue weighted by atomic mass is 16.2. The summed E-state index contributed by atoms with van der Waals surface area (Å²) in [4.78, 5) is 16.8. The van der Waals surface area contributed by atoms with Gasteiger partial charge in [-0.05, 0) is 56.5 Å². The molecule has 0 spiro atoms. The van der Waals surface area contributed by atoms with E-state index in [0.29, 0.717) is 12.0 Å². The lowest BCUT2D eigenvalue weighted by Crippen LogP contribution is -2.49. The molecule has 0 aromatic heterocycles. The van der Waals surface area contributed by atoms with Crippen LogP contribution in [0.3, 0.4) is 0 Å². The number of likely N-dealkylation sites (N-methyl/N-ethyl adjacent to an activating group) is 1. The van der Waals surface area contributed by atoms with E-state index in [0.717, 1.165) is 39.0 Å². The third kappa shape index (κ3) is 2.61. The Labute approximate surface area is 150 Å². The average Bonchev–Trinajstić information content (AvgIpc) is 2.96. The Morgan fingerprint density at radius 2 is 2.12 bits per heavy atom. The fourth-order valence-corrected chi connectivity index (χ4v) is 4.69. The fraction of sp³-hybridized carbons (Fsp3) is 0.550. The lowest BCUT2D eigenvalue weighted by molar-refractivity contribution is 0.202. The van der Waals surface area contributed by atoms with E-state index in [1.54, 1.807) is 0 Å². The first kappa shape index (κ1) is 16.5. The molecule has 1 aliphatic carbocycles. The van der Waals surface area contributed by atoms with Gasteiger partial charge < -0.3 is 4.90 Å². The van der Waals surface area contributed by atoms with Crippen LogP contribution in [0.5, 0.6) is 0 Å². The largest absolute Gasteiger partial charge is 0.336 e. The molecule has 2 amide bonds. The standard InChI is InChI=1S/C20H28N4O/c1-4-23(5-2)20(25)21-24-13-14-12-18-15(9-7-11-22(18)3)16-8-6-10-17(24)19(14)16/h6,8-10,14,18H,4-5,7,11-13H2,1-3H3,(H,21,25)/t14?,18-/m1/s1. The lowest BCUT2D eigenvalue weighted by atomic mass is 9.76. The highest BCUT2D eigenvalue weighted by Gasteiger charge is 2.41. The van der Waals surface area contributed by atoms with E-state index in [2.05, 4.69) is 46.7 Å². The first-order valence-electron chi connectivity index (χ1n) is 9.50. The minimum atomic E-state index is -0.00463. The molecule has 0 saturated heterocycles. The summed E-state index contributed by atoms with van der Waals surface area (Å²) >= 11 is 0. The van der Waals surface area contributed by atoms with Gasteiger partial charge in [0.25, 0.3) is 0 Å². The molecule has 0 bridgehead atoms. The van der Waals surface area contributed by atoms with Gasteiger partial charge in [0, 0.05) is 38.1 Å². The zero-order valence-electron chi connectivity index (χ0n) is 15.5. The van der Waals surface area contributed by atoms with Crippen molar-refractivity contribution in [2.24, 2.45) is 0 Å². The number of urea groups is 1. The van der Waals surface area contributed by atoms with Crippen LogP contribution in [0.2, 0.25) is 0 Å². The highest BCUT2D eigenvalue weighted by Crippen LogP contribution is 2.49. The summed E-state index contributed by atoms with van der Waals surface area (Å²) in [6, 6.07) is 7.05. The van der Waals surface area contributed by atoms with Crippen molar-refractivity contribution in [2.75, 3.05) is 38.2 Å². The van der Waals surface area contributed by atoms with Crippen molar-refractivity contribution >= 4 is 17.3 Å². The van der Waals surface area contributed by atoms with Crippen molar-refractivity contribution in [1.29, 1.82) is 0 Å². The minimum absolute atomic E-state index is 0.00463. The molecule has 1 N–H and O–H groups in total. The van der Waals surface area contributed by atoms with Crippen LogP contribution in [0.15, 0.2) is 24.3 Å². The monoisotopic (exact) mass is 340 g/mol. The summed E-state index contributed by atoms with van der Waals surface area (Å²) < 4.78 is 0. The number of hydrogen-bond donors (Lipinski definition) is 1. The molecule has 4 rings (SSSR count). The van der Waals surface area contributed by atoms with Crippen LogP contribution in [0.4, 0.5) is 10.5 Å². The van der Waals surface area contributed by atoms with Crippen LogP contribution < -0.4 is 10.4 Å². The van der Waals surface area contributed by atoms with Gasteiger partial charge in [-0.2, -0.15) is 0 Å². The van der Waals surface area contributed by atoms with Crippen molar-refractivity contribution in [3.8, 4) is 0 Å². The number of nitrogens with one attached hydrogen (secondary N) is 1. The number of carbonyl (C=O) groups is 1. The SMILES string of the molecule is CCN(CC)C(=O)NN1CC2C[C@@H]3C(=CCCN3C)c3cccc1c32. The van der Waals surface area contributed by atoms with Gasteiger partial charge in [-0.1, -0.05) is 18.2 Å². The van der Waals surface area contributed by atoms with Gasteiger partial charge >= 0.3 is 6.03 Å². The number of nitrogens with zero attached hydrogens (tertiary/aromatic N) is 3. The third-order valence-corrected chi connectivity index (χ3v) is 6.02. The highest BCUT2D eigenvalue weighted by molar-refractivity contribution is 5.83. The third-order valence-electron chi connectivity index (χ3n) is 6.02. The van der Waals surface area contributed by atoms with Crippen molar-refractivity contribution in [3.63, 3.8) is 0 Å². The maximum atomic E-state index is 12.5. The molecule has 25 heavy (non-hydrogen) atoms. The average molecular weight is 340 g/mol. The molecule has 1 unspecified atom stereocenters. The lowest BCUT2D eigenvalue weighted by Gasteiger charge is -2.39. The molecule has 0 saturated carbocycles. The van der Waals surface area contributed by atoms with E-state index in [1.165, 1.54) is 22.4 Å². The predicted octanol–water partition coefficient (Wildman–Crippen LogP) is 3.05. The molecule has 2 aliphatic heterocycles. The second-order valence-electron chi connectivity index (χ2n) is 7.32. The van der Waals surface area contributed by atoms with E-state index in [4.69, 9.17) is 0 Å². The summed E-state index contributed by atoms with van der Waals surface area (Å²) in [5.41, 5.74) is 8.62. The molecule has 0 radical (unpaired) electrons. The van der Waals surface area contributed by atoms with Crippen molar-refractivity contribution in [3.05, 3.63) is 35.4 Å². The summed E-state index contributed by atoms with van der Waals surface area (Å²) in [6.07, 6.45) is 4.69. The summed E-state index contributed by atoms with van der Waals surface area (Å²) in [5, 5.41) is 2.07. The zero-order chi connectivity index (χ0) is 17.6. The Bertz CT molecular complexity index is 710. The van der Waals surface area contributed by atoms with Gasteiger partial charge in [-0.15, -0.1) is 0 Å². The normalized spacial score (nSPS) is 24.4. The number of amides is 2. The number of anilines is 1. The molecule has 2 heterocycles. The Hall–Kier alpha value is -2.01. The van der Waals surface area contributed by atoms with Gasteiger partial charge in [-0.25, -0.2) is 10.2 Å². The molecule has 3 aliphatic rings. The van der Waals surface area contributed by atoms with Gasteiger partial charge in [0.1, 0.15) is 0 Å². The van der Waals surface area contributed by atoms with E-state index in [9.17, 15) is 4.79 Å². The molecule has 134 valence electrons. The quantitative estimate of drug-likeness (QED) is 0.919. The molecule has 2 atom stereocenters. The molecular formula is C20H28N4O. The van der Waals surface area contributed by atoms with Crippen LogP contribution in [0.25, 0.3) is 5.57 Å². The van der Waals surface area contributed by atoms with E-state index >= 15 is 0 Å². The number of fused-ring (bicyclic) bond motifs is 2. The van der Waals surface area contributed by atoms with Gasteiger partial charge in [-0.3, -0.25) is 9.91 Å². The van der Waals surface area contributed by atoms with Crippen LogP contribution in [-0.2, 0) is 0 Å². The predicted molar refractivity (Wildman–Crippen MR) is 102 cm³/mol. The van der Waals surface area contributed by atoms with Crippen LogP contribution >= 0.6 is 0 Å². The van der Waals surface area contributed by atoms with Crippen molar-refractivity contribution in [1.82, 2.24) is 15.2 Å². The number of hydrazine groups is 1. The van der Waals surface area contributed by atoms with Crippen molar-refractivity contribution in [2.45, 2.75) is 38.6 Å². The van der Waals surface area contributed by atoms with Crippen molar-refractivity contribution < 1.29 is 4.79 Å². The molecule has 1 aromatic carbocycles. The summed E-state index contributed by atoms with van der Waals surface area (Å²) in [6.45, 7) is 7.50. The summed E-state index contributed by atoms with van der Waals surface area (Å²) in [7, 11) is 2.24. The molecule has 5 heteroatoms. The van der Waals surface area contributed by atoms with Crippen LogP contribution in [0, 0.1) is 0 Å². The zero-order valence-corrected chi connectivity index (χ0v) is 15.5.